The van der Waals surface area contributed by atoms with Gasteiger partial charge in [0, 0.05) is 30.8 Å². The van der Waals surface area contributed by atoms with Gasteiger partial charge in [0.2, 0.25) is 0 Å². The van der Waals surface area contributed by atoms with Gasteiger partial charge in [0.25, 0.3) is 0 Å². The van der Waals surface area contributed by atoms with Gasteiger partial charge in [-0.3, -0.25) is 4.98 Å². The Bertz CT molecular complexity index is 1200. The van der Waals surface area contributed by atoms with Crippen LogP contribution in [-0.4, -0.2) is 51.1 Å². The summed E-state index contributed by atoms with van der Waals surface area (Å²) in [6.45, 7) is 9.04. The predicted molar refractivity (Wildman–Crippen MR) is 121 cm³/mol. The maximum Gasteiger partial charge on any atom is 0.496 e. The minimum atomic E-state index is -1.06. The number of aliphatic hydroxyl groups is 1. The number of β-amino-alcohol motifs (C(OH)–C–C–N with tert-alkyl or cyclic N) is 1. The van der Waals surface area contributed by atoms with Gasteiger partial charge in [-0.15, -0.1) is 0 Å². The molecule has 3 aromatic rings. The molecule has 0 aromatic carbocycles. The molecule has 2 fully saturated rings. The van der Waals surface area contributed by atoms with E-state index in [0.29, 0.717) is 36.3 Å². The van der Waals surface area contributed by atoms with Crippen molar-refractivity contribution in [3.8, 4) is 6.07 Å². The van der Waals surface area contributed by atoms with Gasteiger partial charge in [0.15, 0.2) is 0 Å². The molecule has 0 aliphatic carbocycles. The molecular formula is C23H26BN5O3. The first-order valence-electron chi connectivity index (χ1n) is 10.8. The van der Waals surface area contributed by atoms with Crippen LogP contribution < -0.4 is 10.4 Å². The predicted octanol–water partition coefficient (Wildman–Crippen LogP) is 2.00. The van der Waals surface area contributed by atoms with Crippen molar-refractivity contribution in [2.45, 2.75) is 50.9 Å². The Morgan fingerprint density at radius 1 is 1.19 bits per heavy atom. The van der Waals surface area contributed by atoms with Gasteiger partial charge in [-0.1, -0.05) is 6.07 Å². The molecule has 9 heteroatoms. The number of nitrogens with zero attached hydrogens (tertiary/aromatic N) is 5. The molecule has 0 amide bonds. The zero-order valence-electron chi connectivity index (χ0n) is 18.7. The molecule has 1 atom stereocenters. The lowest BCUT2D eigenvalue weighted by Gasteiger charge is -2.32. The van der Waals surface area contributed by atoms with Crippen LogP contribution in [0.2, 0.25) is 0 Å². The lowest BCUT2D eigenvalue weighted by molar-refractivity contribution is 0.00578. The van der Waals surface area contributed by atoms with Crippen molar-refractivity contribution >= 4 is 23.8 Å². The van der Waals surface area contributed by atoms with Crippen LogP contribution >= 0.6 is 0 Å². The highest BCUT2D eigenvalue weighted by Crippen LogP contribution is 2.38. The van der Waals surface area contributed by atoms with Crippen LogP contribution in [0.5, 0.6) is 0 Å². The Kier molecular flexibility index (Phi) is 4.61. The van der Waals surface area contributed by atoms with Gasteiger partial charge >= 0.3 is 7.12 Å². The first-order valence-corrected chi connectivity index (χ1v) is 10.8. The molecule has 5 rings (SSSR count). The third kappa shape index (κ3) is 3.18. The van der Waals surface area contributed by atoms with E-state index in [9.17, 15) is 10.4 Å². The fraction of sp³-hybridized carbons (Fsp3) is 0.435. The van der Waals surface area contributed by atoms with Gasteiger partial charge in [0.05, 0.1) is 40.9 Å². The summed E-state index contributed by atoms with van der Waals surface area (Å²) in [4.78, 5) is 6.46. The monoisotopic (exact) mass is 431 g/mol. The van der Waals surface area contributed by atoms with E-state index in [1.54, 1.807) is 16.9 Å². The minimum absolute atomic E-state index is 0.364. The van der Waals surface area contributed by atoms with Crippen molar-refractivity contribution < 1.29 is 14.4 Å². The fourth-order valence-corrected chi connectivity index (χ4v) is 4.40. The second kappa shape index (κ2) is 7.04. The van der Waals surface area contributed by atoms with Crippen LogP contribution in [-0.2, 0) is 14.9 Å². The highest BCUT2D eigenvalue weighted by molar-refractivity contribution is 6.62. The van der Waals surface area contributed by atoms with Gasteiger partial charge in [0.1, 0.15) is 17.2 Å². The molecule has 8 nitrogen and oxygen atoms in total. The molecular weight excluding hydrogens is 405 g/mol. The van der Waals surface area contributed by atoms with Crippen LogP contribution in [0.3, 0.4) is 0 Å². The Morgan fingerprint density at radius 2 is 1.94 bits per heavy atom. The lowest BCUT2D eigenvalue weighted by Crippen LogP contribution is -2.41. The highest BCUT2D eigenvalue weighted by Gasteiger charge is 2.52. The number of pyridine rings is 2. The van der Waals surface area contributed by atoms with Gasteiger partial charge < -0.3 is 19.3 Å². The number of anilines is 1. The average molecular weight is 431 g/mol. The summed E-state index contributed by atoms with van der Waals surface area (Å²) in [5, 5.41) is 25.4. The van der Waals surface area contributed by atoms with Crippen molar-refractivity contribution in [2.24, 2.45) is 0 Å². The van der Waals surface area contributed by atoms with Gasteiger partial charge in [-0.2, -0.15) is 10.4 Å². The lowest BCUT2D eigenvalue weighted by atomic mass is 9.80. The Morgan fingerprint density at radius 3 is 2.59 bits per heavy atom. The van der Waals surface area contributed by atoms with Crippen molar-refractivity contribution in [3.05, 3.63) is 54.1 Å². The molecule has 5 heterocycles. The summed E-state index contributed by atoms with van der Waals surface area (Å²) in [5.41, 5.74) is 1.46. The van der Waals surface area contributed by atoms with E-state index in [2.05, 4.69) is 21.1 Å². The summed E-state index contributed by atoms with van der Waals surface area (Å²) >= 11 is 0. The highest BCUT2D eigenvalue weighted by atomic mass is 16.7. The molecule has 0 radical (unpaired) electrons. The molecule has 164 valence electrons. The van der Waals surface area contributed by atoms with E-state index < -0.39 is 23.9 Å². The second-order valence-corrected chi connectivity index (χ2v) is 9.63. The number of hydrogen-bond donors (Lipinski definition) is 1. The normalized spacial score (nSPS) is 24.2. The van der Waals surface area contributed by atoms with E-state index in [1.807, 2.05) is 58.2 Å². The van der Waals surface area contributed by atoms with Crippen molar-refractivity contribution in [2.75, 3.05) is 18.0 Å². The second-order valence-electron chi connectivity index (χ2n) is 9.63. The molecule has 1 N–H and O–H groups in total. The molecule has 32 heavy (non-hydrogen) atoms. The van der Waals surface area contributed by atoms with E-state index in [1.165, 1.54) is 0 Å². The first-order chi connectivity index (χ1) is 15.1. The van der Waals surface area contributed by atoms with Crippen LogP contribution in [0.4, 0.5) is 5.69 Å². The standard InChI is InChI=1S/C23H26BN5O3/c1-21(2)22(3,4)32-24(31-21)17-11-18(20-16(12-25)13-27-29(20)14-17)28-10-8-23(30,15-28)19-7-5-6-9-26-19/h5-7,9,11,13-14,30H,8,10,15H2,1-4H3. The topological polar surface area (TPSA) is 95.9 Å². The molecule has 2 saturated heterocycles. The minimum Gasteiger partial charge on any atom is -0.399 e. The zero-order chi connectivity index (χ0) is 22.7. The molecule has 1 unspecified atom stereocenters. The van der Waals surface area contributed by atoms with Gasteiger partial charge in [-0.25, -0.2) is 4.52 Å². The van der Waals surface area contributed by atoms with Crippen molar-refractivity contribution in [1.29, 1.82) is 5.26 Å². The summed E-state index contributed by atoms with van der Waals surface area (Å²) < 4.78 is 14.2. The summed E-state index contributed by atoms with van der Waals surface area (Å²) in [6, 6.07) is 9.79. The molecule has 0 saturated carbocycles. The third-order valence-corrected chi connectivity index (χ3v) is 6.99. The van der Waals surface area contributed by atoms with Crippen LogP contribution in [0, 0.1) is 11.3 Å². The SMILES string of the molecule is CC1(C)OB(c2cc(N3CCC(O)(c4ccccn4)C3)c3c(C#N)cnn3c2)OC1(C)C. The zero-order valence-corrected chi connectivity index (χ0v) is 18.7. The number of fused-ring (bicyclic) bond motifs is 1. The number of rotatable bonds is 3. The van der Waals surface area contributed by atoms with Crippen molar-refractivity contribution in [1.82, 2.24) is 14.6 Å². The maximum atomic E-state index is 11.3. The smallest absolute Gasteiger partial charge is 0.399 e. The first kappa shape index (κ1) is 20.9. The number of aromatic nitrogens is 3. The summed E-state index contributed by atoms with van der Waals surface area (Å²) in [5.74, 6) is 0. The molecule has 0 bridgehead atoms. The van der Waals surface area contributed by atoms with Crippen LogP contribution in [0.15, 0.2) is 42.9 Å². The Hall–Kier alpha value is -2.93. The number of hydrogen-bond acceptors (Lipinski definition) is 7. The summed E-state index contributed by atoms with van der Waals surface area (Å²) in [7, 11) is -0.560. The van der Waals surface area contributed by atoms with E-state index >= 15 is 0 Å². The van der Waals surface area contributed by atoms with Crippen LogP contribution in [0.1, 0.15) is 45.4 Å². The van der Waals surface area contributed by atoms with E-state index in [4.69, 9.17) is 9.31 Å². The fourth-order valence-electron chi connectivity index (χ4n) is 4.40. The molecule has 0 spiro atoms. The largest absolute Gasteiger partial charge is 0.496 e. The van der Waals surface area contributed by atoms with E-state index in [0.717, 1.165) is 11.2 Å². The Balaban J connectivity index is 1.57. The van der Waals surface area contributed by atoms with Gasteiger partial charge in [-0.05, 0) is 45.9 Å². The Labute approximate surface area is 187 Å². The van der Waals surface area contributed by atoms with Crippen LogP contribution in [0.25, 0.3) is 5.52 Å². The maximum absolute atomic E-state index is 11.3. The molecule has 2 aliphatic heterocycles. The summed E-state index contributed by atoms with van der Waals surface area (Å²) in [6.07, 6.45) is 5.64. The molecule has 3 aromatic heterocycles. The molecule has 2 aliphatic rings. The third-order valence-electron chi connectivity index (χ3n) is 6.99. The quantitative estimate of drug-likeness (QED) is 0.634. The number of nitriles is 1. The van der Waals surface area contributed by atoms with Crippen molar-refractivity contribution in [3.63, 3.8) is 0 Å². The average Bonchev–Trinajstić information content (AvgIpc) is 3.42. The van der Waals surface area contributed by atoms with E-state index in [-0.39, 0.29) is 0 Å².